The van der Waals surface area contributed by atoms with Crippen LogP contribution in [-0.4, -0.2) is 71.0 Å². The van der Waals surface area contributed by atoms with E-state index in [0.29, 0.717) is 50.0 Å². The second kappa shape index (κ2) is 11.7. The normalized spacial score (nSPS) is 15.1. The monoisotopic (exact) mass is 441 g/mol. The molecule has 7 nitrogen and oxygen atoms in total. The van der Waals surface area contributed by atoms with Gasteiger partial charge in [0.2, 0.25) is 0 Å². The lowest BCUT2D eigenvalue weighted by molar-refractivity contribution is 0.0162. The Hall–Kier alpha value is -2.77. The summed E-state index contributed by atoms with van der Waals surface area (Å²) >= 11 is 0. The quantitative estimate of drug-likeness (QED) is 0.610. The zero-order valence-electron chi connectivity index (χ0n) is 19.6. The molecule has 0 radical (unpaired) electrons. The van der Waals surface area contributed by atoms with Crippen molar-refractivity contribution in [2.75, 3.05) is 65.1 Å². The predicted octanol–water partition coefficient (Wildman–Crippen LogP) is 3.35. The summed E-state index contributed by atoms with van der Waals surface area (Å²) in [6, 6.07) is 13.9. The van der Waals surface area contributed by atoms with E-state index in [1.165, 1.54) is 5.56 Å². The first-order valence-electron chi connectivity index (χ1n) is 11.3. The van der Waals surface area contributed by atoms with E-state index in [1.54, 1.807) is 18.2 Å². The van der Waals surface area contributed by atoms with Crippen molar-refractivity contribution >= 4 is 11.6 Å². The second-order valence-corrected chi connectivity index (χ2v) is 7.89. The molecule has 32 heavy (non-hydrogen) atoms. The molecule has 0 unspecified atom stereocenters. The molecule has 0 saturated carbocycles. The fourth-order valence-electron chi connectivity index (χ4n) is 3.83. The van der Waals surface area contributed by atoms with Gasteiger partial charge in [-0.2, -0.15) is 0 Å². The van der Waals surface area contributed by atoms with Crippen molar-refractivity contribution in [3.8, 4) is 11.5 Å². The van der Waals surface area contributed by atoms with Gasteiger partial charge in [0.15, 0.2) is 11.5 Å². The molecule has 0 bridgehead atoms. The summed E-state index contributed by atoms with van der Waals surface area (Å²) in [5.74, 6) is 1.11. The minimum absolute atomic E-state index is 0.0770. The van der Waals surface area contributed by atoms with Gasteiger partial charge in [-0.1, -0.05) is 12.1 Å². The number of hydrogen-bond acceptors (Lipinski definition) is 6. The van der Waals surface area contributed by atoms with Gasteiger partial charge in [0.1, 0.15) is 0 Å². The highest BCUT2D eigenvalue weighted by atomic mass is 16.5. The van der Waals surface area contributed by atoms with Crippen molar-refractivity contribution in [1.29, 1.82) is 0 Å². The van der Waals surface area contributed by atoms with E-state index in [4.69, 9.17) is 14.2 Å². The summed E-state index contributed by atoms with van der Waals surface area (Å²) in [5.41, 5.74) is 2.89. The van der Waals surface area contributed by atoms with Gasteiger partial charge in [-0.3, -0.25) is 9.69 Å². The minimum atomic E-state index is -0.128. The number of rotatable bonds is 10. The molecular weight excluding hydrogens is 406 g/mol. The lowest BCUT2D eigenvalue weighted by atomic mass is 10.0. The van der Waals surface area contributed by atoms with E-state index in [9.17, 15) is 4.79 Å². The van der Waals surface area contributed by atoms with Gasteiger partial charge in [0, 0.05) is 45.0 Å². The molecule has 1 aliphatic heterocycles. The Morgan fingerprint density at radius 3 is 2.31 bits per heavy atom. The SMILES string of the molecule is CCOc1ccc(C(=O)NC[C@@H](c2ccc(N(C)C)cc2)N2CCOCC2)cc1OCC. The molecule has 1 aliphatic rings. The number of carbonyl (C=O) groups excluding carboxylic acids is 1. The maximum Gasteiger partial charge on any atom is 0.251 e. The molecule has 1 heterocycles. The van der Waals surface area contributed by atoms with Gasteiger partial charge in [0.25, 0.3) is 5.91 Å². The Morgan fingerprint density at radius 1 is 1.03 bits per heavy atom. The van der Waals surface area contributed by atoms with Crippen LogP contribution in [0, 0.1) is 0 Å². The first kappa shape index (κ1) is 23.9. The Morgan fingerprint density at radius 2 is 1.69 bits per heavy atom. The molecule has 1 saturated heterocycles. The van der Waals surface area contributed by atoms with Crippen LogP contribution in [0.1, 0.15) is 35.8 Å². The Bertz CT molecular complexity index is 864. The van der Waals surface area contributed by atoms with Crippen LogP contribution in [0.5, 0.6) is 11.5 Å². The van der Waals surface area contributed by atoms with E-state index >= 15 is 0 Å². The number of anilines is 1. The van der Waals surface area contributed by atoms with Gasteiger partial charge in [-0.05, 0) is 49.7 Å². The average Bonchev–Trinajstić information content (AvgIpc) is 2.81. The Labute approximate surface area is 191 Å². The first-order chi connectivity index (χ1) is 15.5. The number of hydrogen-bond donors (Lipinski definition) is 1. The number of nitrogens with zero attached hydrogens (tertiary/aromatic N) is 2. The summed E-state index contributed by atoms with van der Waals surface area (Å²) in [7, 11) is 4.06. The summed E-state index contributed by atoms with van der Waals surface area (Å²) < 4.78 is 16.8. The zero-order valence-corrected chi connectivity index (χ0v) is 19.6. The highest BCUT2D eigenvalue weighted by Gasteiger charge is 2.24. The standard InChI is InChI=1S/C25H35N3O4/c1-5-31-23-12-9-20(17-24(23)32-6-2)25(29)26-18-22(28-13-15-30-16-14-28)19-7-10-21(11-8-19)27(3)4/h7-12,17,22H,5-6,13-16,18H2,1-4H3,(H,26,29)/t22-/m0/s1. The molecule has 1 N–H and O–H groups in total. The first-order valence-corrected chi connectivity index (χ1v) is 11.3. The molecule has 2 aromatic carbocycles. The highest BCUT2D eigenvalue weighted by molar-refractivity contribution is 5.94. The number of carbonyl (C=O) groups is 1. The average molecular weight is 442 g/mol. The number of ether oxygens (including phenoxy) is 3. The highest BCUT2D eigenvalue weighted by Crippen LogP contribution is 2.29. The maximum atomic E-state index is 13.0. The number of morpholine rings is 1. The van der Waals surface area contributed by atoms with Gasteiger partial charge < -0.3 is 24.4 Å². The number of nitrogens with one attached hydrogen (secondary N) is 1. The van der Waals surface area contributed by atoms with Crippen LogP contribution in [0.15, 0.2) is 42.5 Å². The third kappa shape index (κ3) is 6.14. The number of benzene rings is 2. The fraction of sp³-hybridized carbons (Fsp3) is 0.480. The van der Waals surface area contributed by atoms with E-state index in [-0.39, 0.29) is 11.9 Å². The molecule has 3 rings (SSSR count). The van der Waals surface area contributed by atoms with Crippen molar-refractivity contribution in [1.82, 2.24) is 10.2 Å². The van der Waals surface area contributed by atoms with Crippen LogP contribution in [-0.2, 0) is 4.74 Å². The van der Waals surface area contributed by atoms with Gasteiger partial charge >= 0.3 is 0 Å². The van der Waals surface area contributed by atoms with E-state index in [2.05, 4.69) is 39.4 Å². The third-order valence-corrected chi connectivity index (χ3v) is 5.54. The lowest BCUT2D eigenvalue weighted by Gasteiger charge is -2.35. The Kier molecular flexibility index (Phi) is 8.76. The maximum absolute atomic E-state index is 13.0. The van der Waals surface area contributed by atoms with Crippen LogP contribution < -0.4 is 19.7 Å². The van der Waals surface area contributed by atoms with E-state index in [1.807, 2.05) is 27.9 Å². The molecular formula is C25H35N3O4. The van der Waals surface area contributed by atoms with Crippen molar-refractivity contribution in [3.63, 3.8) is 0 Å². The van der Waals surface area contributed by atoms with Crippen molar-refractivity contribution in [2.45, 2.75) is 19.9 Å². The fourth-order valence-corrected chi connectivity index (χ4v) is 3.83. The predicted molar refractivity (Wildman–Crippen MR) is 127 cm³/mol. The van der Waals surface area contributed by atoms with Crippen LogP contribution in [0.2, 0.25) is 0 Å². The van der Waals surface area contributed by atoms with Crippen LogP contribution in [0.3, 0.4) is 0 Å². The largest absolute Gasteiger partial charge is 0.490 e. The number of amides is 1. The van der Waals surface area contributed by atoms with Crippen LogP contribution in [0.4, 0.5) is 5.69 Å². The summed E-state index contributed by atoms with van der Waals surface area (Å²) in [6.07, 6.45) is 0. The van der Waals surface area contributed by atoms with Gasteiger partial charge in [-0.15, -0.1) is 0 Å². The summed E-state index contributed by atoms with van der Waals surface area (Å²) in [6.45, 7) is 8.49. The smallest absolute Gasteiger partial charge is 0.251 e. The molecule has 0 aromatic heterocycles. The van der Waals surface area contributed by atoms with Crippen molar-refractivity contribution in [2.24, 2.45) is 0 Å². The molecule has 2 aromatic rings. The third-order valence-electron chi connectivity index (χ3n) is 5.54. The molecule has 0 spiro atoms. The zero-order chi connectivity index (χ0) is 22.9. The van der Waals surface area contributed by atoms with Crippen LogP contribution in [0.25, 0.3) is 0 Å². The van der Waals surface area contributed by atoms with Crippen molar-refractivity contribution < 1.29 is 19.0 Å². The Balaban J connectivity index is 1.75. The molecule has 7 heteroatoms. The van der Waals surface area contributed by atoms with Gasteiger partial charge in [0.05, 0.1) is 32.5 Å². The molecule has 174 valence electrons. The van der Waals surface area contributed by atoms with E-state index in [0.717, 1.165) is 18.8 Å². The molecule has 1 atom stereocenters. The molecule has 1 fully saturated rings. The minimum Gasteiger partial charge on any atom is -0.490 e. The van der Waals surface area contributed by atoms with Crippen molar-refractivity contribution in [3.05, 3.63) is 53.6 Å². The lowest BCUT2D eigenvalue weighted by Crippen LogP contribution is -2.43. The summed E-state index contributed by atoms with van der Waals surface area (Å²) in [5, 5.41) is 3.12. The second-order valence-electron chi connectivity index (χ2n) is 7.89. The van der Waals surface area contributed by atoms with E-state index < -0.39 is 0 Å². The topological polar surface area (TPSA) is 63.3 Å². The van der Waals surface area contributed by atoms with Crippen LogP contribution >= 0.6 is 0 Å². The van der Waals surface area contributed by atoms with Gasteiger partial charge in [-0.25, -0.2) is 0 Å². The molecule has 0 aliphatic carbocycles. The summed E-state index contributed by atoms with van der Waals surface area (Å²) in [4.78, 5) is 17.4. The molecule has 1 amide bonds.